The molecule has 2 heterocycles. The van der Waals surface area contributed by atoms with E-state index in [4.69, 9.17) is 5.73 Å². The van der Waals surface area contributed by atoms with Crippen LogP contribution in [0.5, 0.6) is 0 Å². The van der Waals surface area contributed by atoms with Gasteiger partial charge in [-0.1, -0.05) is 34.1 Å². The zero-order valence-corrected chi connectivity index (χ0v) is 14.6. The van der Waals surface area contributed by atoms with Gasteiger partial charge in [0, 0.05) is 24.0 Å². The van der Waals surface area contributed by atoms with Gasteiger partial charge in [0.2, 0.25) is 0 Å². The first-order chi connectivity index (χ1) is 9.89. The topological polar surface area (TPSA) is 46.3 Å². The molecule has 1 unspecified atom stereocenters. The quantitative estimate of drug-likeness (QED) is 0.926. The van der Waals surface area contributed by atoms with Crippen LogP contribution >= 0.6 is 11.3 Å². The third kappa shape index (κ3) is 3.49. The third-order valence-electron chi connectivity index (χ3n) is 4.56. The van der Waals surface area contributed by atoms with Gasteiger partial charge in [0.05, 0.1) is 4.88 Å². The monoisotopic (exact) mass is 308 g/mol. The molecule has 1 amide bonds. The fraction of sp³-hybridized carbons (Fsp3) is 0.706. The minimum Gasteiger partial charge on any atom is -0.337 e. The number of carbonyl (C=O) groups is 1. The van der Waals surface area contributed by atoms with E-state index in [-0.39, 0.29) is 17.4 Å². The van der Waals surface area contributed by atoms with Crippen molar-refractivity contribution in [2.45, 2.75) is 59.4 Å². The molecule has 2 rings (SSSR count). The zero-order chi connectivity index (χ0) is 15.6. The molecule has 0 radical (unpaired) electrons. The van der Waals surface area contributed by atoms with Crippen molar-refractivity contribution in [2.75, 3.05) is 13.1 Å². The summed E-state index contributed by atoms with van der Waals surface area (Å²) in [5, 5.41) is 0. The Morgan fingerprint density at radius 2 is 2.19 bits per heavy atom. The lowest BCUT2D eigenvalue weighted by Gasteiger charge is -2.42. The average molecular weight is 308 g/mol. The van der Waals surface area contributed by atoms with E-state index in [9.17, 15) is 4.79 Å². The number of hydrogen-bond donors (Lipinski definition) is 1. The molecule has 1 aliphatic heterocycles. The molecule has 1 atom stereocenters. The first-order valence-corrected chi connectivity index (χ1v) is 8.87. The van der Waals surface area contributed by atoms with Crippen molar-refractivity contribution in [2.24, 2.45) is 11.1 Å². The number of aryl methyl sites for hydroxylation is 2. The van der Waals surface area contributed by atoms with Crippen molar-refractivity contribution in [3.8, 4) is 0 Å². The molecule has 0 aliphatic carbocycles. The van der Waals surface area contributed by atoms with Crippen molar-refractivity contribution >= 4 is 17.2 Å². The molecule has 0 aromatic carbocycles. The number of nitrogens with two attached hydrogens (primary N) is 1. The van der Waals surface area contributed by atoms with Crippen molar-refractivity contribution in [3.63, 3.8) is 0 Å². The number of nitrogens with zero attached hydrogens (tertiary/aromatic N) is 1. The Bertz CT molecular complexity index is 507. The normalized spacial score (nSPS) is 21.6. The summed E-state index contributed by atoms with van der Waals surface area (Å²) < 4.78 is 0. The first kappa shape index (κ1) is 16.5. The second-order valence-electron chi connectivity index (χ2n) is 6.77. The summed E-state index contributed by atoms with van der Waals surface area (Å²) in [6.45, 7) is 10.2. The van der Waals surface area contributed by atoms with E-state index >= 15 is 0 Å². The van der Waals surface area contributed by atoms with E-state index in [2.05, 4.69) is 33.8 Å². The van der Waals surface area contributed by atoms with Gasteiger partial charge in [0.1, 0.15) is 0 Å². The van der Waals surface area contributed by atoms with E-state index in [0.29, 0.717) is 0 Å². The predicted octanol–water partition coefficient (Wildman–Crippen LogP) is 3.46. The Morgan fingerprint density at radius 1 is 1.48 bits per heavy atom. The van der Waals surface area contributed by atoms with E-state index in [1.807, 2.05) is 4.90 Å². The maximum absolute atomic E-state index is 12.8. The molecular formula is C17H28N2OS. The SMILES string of the molecule is CCCc1sc(C(=O)N2CCC(N)C(C)(C)C2)cc1CC. The summed E-state index contributed by atoms with van der Waals surface area (Å²) in [5.74, 6) is 0.192. The van der Waals surface area contributed by atoms with Gasteiger partial charge in [-0.3, -0.25) is 4.79 Å². The van der Waals surface area contributed by atoms with Gasteiger partial charge in [-0.15, -0.1) is 11.3 Å². The molecular weight excluding hydrogens is 280 g/mol. The van der Waals surface area contributed by atoms with E-state index in [1.54, 1.807) is 11.3 Å². The lowest BCUT2D eigenvalue weighted by Crippen LogP contribution is -2.53. The third-order valence-corrected chi connectivity index (χ3v) is 5.79. The van der Waals surface area contributed by atoms with Crippen LogP contribution in [0.4, 0.5) is 0 Å². The molecule has 2 N–H and O–H groups in total. The second-order valence-corrected chi connectivity index (χ2v) is 7.91. The van der Waals surface area contributed by atoms with Gasteiger partial charge in [-0.2, -0.15) is 0 Å². The predicted molar refractivity (Wildman–Crippen MR) is 90.0 cm³/mol. The zero-order valence-electron chi connectivity index (χ0n) is 13.7. The van der Waals surface area contributed by atoms with Crippen LogP contribution < -0.4 is 5.73 Å². The summed E-state index contributed by atoms with van der Waals surface area (Å²) in [7, 11) is 0. The van der Waals surface area contributed by atoms with Crippen LogP contribution in [0.3, 0.4) is 0 Å². The number of amides is 1. The highest BCUT2D eigenvalue weighted by Crippen LogP contribution is 2.31. The Kier molecular flexibility index (Phi) is 5.10. The molecule has 1 aromatic rings. The lowest BCUT2D eigenvalue weighted by atomic mass is 9.79. The summed E-state index contributed by atoms with van der Waals surface area (Å²) in [4.78, 5) is 17.1. The standard InChI is InChI=1S/C17H28N2OS/c1-5-7-13-12(6-2)10-14(21-13)16(20)19-9-8-15(18)17(3,4)11-19/h10,15H,5-9,11,18H2,1-4H3. The van der Waals surface area contributed by atoms with Crippen LogP contribution in [0.15, 0.2) is 6.07 Å². The number of likely N-dealkylation sites (tertiary alicyclic amines) is 1. The fourth-order valence-electron chi connectivity index (χ4n) is 3.01. The maximum atomic E-state index is 12.8. The van der Waals surface area contributed by atoms with Crippen molar-refractivity contribution in [1.29, 1.82) is 0 Å². The van der Waals surface area contributed by atoms with Crippen molar-refractivity contribution < 1.29 is 4.79 Å². The Hall–Kier alpha value is -0.870. The summed E-state index contributed by atoms with van der Waals surface area (Å²) in [5.41, 5.74) is 7.52. The van der Waals surface area contributed by atoms with E-state index in [1.165, 1.54) is 10.4 Å². The first-order valence-electron chi connectivity index (χ1n) is 8.05. The highest BCUT2D eigenvalue weighted by Gasteiger charge is 2.36. The van der Waals surface area contributed by atoms with Crippen LogP contribution in [-0.4, -0.2) is 29.9 Å². The van der Waals surface area contributed by atoms with Crippen LogP contribution in [0.1, 0.15) is 60.6 Å². The Labute approximate surface area is 132 Å². The number of rotatable bonds is 4. The fourth-order valence-corrected chi connectivity index (χ4v) is 4.34. The van der Waals surface area contributed by atoms with Gasteiger partial charge >= 0.3 is 0 Å². The summed E-state index contributed by atoms with van der Waals surface area (Å²) >= 11 is 1.69. The van der Waals surface area contributed by atoms with Gasteiger partial charge in [0.25, 0.3) is 5.91 Å². The smallest absolute Gasteiger partial charge is 0.263 e. The Balaban J connectivity index is 2.16. The van der Waals surface area contributed by atoms with Crippen LogP contribution in [0.2, 0.25) is 0 Å². The molecule has 1 aliphatic rings. The number of carbonyl (C=O) groups excluding carboxylic acids is 1. The van der Waals surface area contributed by atoms with Gasteiger partial charge < -0.3 is 10.6 Å². The van der Waals surface area contributed by atoms with E-state index < -0.39 is 0 Å². The van der Waals surface area contributed by atoms with Gasteiger partial charge in [-0.25, -0.2) is 0 Å². The largest absolute Gasteiger partial charge is 0.337 e. The highest BCUT2D eigenvalue weighted by atomic mass is 32.1. The van der Waals surface area contributed by atoms with Crippen molar-refractivity contribution in [1.82, 2.24) is 4.90 Å². The molecule has 0 saturated carbocycles. The molecule has 4 heteroatoms. The number of hydrogen-bond acceptors (Lipinski definition) is 3. The molecule has 118 valence electrons. The lowest BCUT2D eigenvalue weighted by molar-refractivity contribution is 0.0537. The molecule has 1 saturated heterocycles. The molecule has 3 nitrogen and oxygen atoms in total. The minimum absolute atomic E-state index is 0.00496. The second kappa shape index (κ2) is 6.49. The molecule has 0 bridgehead atoms. The van der Waals surface area contributed by atoms with E-state index in [0.717, 1.165) is 43.6 Å². The molecule has 1 aromatic heterocycles. The maximum Gasteiger partial charge on any atom is 0.263 e. The Morgan fingerprint density at radius 3 is 2.76 bits per heavy atom. The average Bonchev–Trinajstić information content (AvgIpc) is 2.84. The molecule has 1 fully saturated rings. The minimum atomic E-state index is 0.00496. The van der Waals surface area contributed by atoms with Crippen LogP contribution in [0.25, 0.3) is 0 Å². The molecule has 21 heavy (non-hydrogen) atoms. The van der Waals surface area contributed by atoms with Gasteiger partial charge in [0.15, 0.2) is 0 Å². The van der Waals surface area contributed by atoms with Crippen molar-refractivity contribution in [3.05, 3.63) is 21.4 Å². The van der Waals surface area contributed by atoms with Crippen LogP contribution in [0, 0.1) is 5.41 Å². The highest BCUT2D eigenvalue weighted by molar-refractivity contribution is 7.14. The van der Waals surface area contributed by atoms with Gasteiger partial charge in [-0.05, 0) is 36.3 Å². The summed E-state index contributed by atoms with van der Waals surface area (Å²) in [6.07, 6.45) is 4.12. The van der Waals surface area contributed by atoms with Crippen LogP contribution in [-0.2, 0) is 12.8 Å². The number of thiophene rings is 1. The summed E-state index contributed by atoms with van der Waals surface area (Å²) in [6, 6.07) is 2.30. The molecule has 0 spiro atoms. The number of piperidine rings is 1.